The molecule has 1 fully saturated rings. The van der Waals surface area contributed by atoms with E-state index in [0.717, 1.165) is 19.4 Å². The monoisotopic (exact) mass is 247 g/mol. The first-order valence-corrected chi connectivity index (χ1v) is 8.02. The summed E-state index contributed by atoms with van der Waals surface area (Å²) >= 11 is 0. The molecular weight excluding hydrogens is 222 g/mol. The van der Waals surface area contributed by atoms with Crippen LogP contribution in [0.25, 0.3) is 0 Å². The van der Waals surface area contributed by atoms with Gasteiger partial charge in [0.1, 0.15) is 0 Å². The van der Waals surface area contributed by atoms with Gasteiger partial charge >= 0.3 is 0 Å². The summed E-state index contributed by atoms with van der Waals surface area (Å²) in [6.07, 6.45) is 3.42. The van der Waals surface area contributed by atoms with Gasteiger partial charge < -0.3 is 5.32 Å². The summed E-state index contributed by atoms with van der Waals surface area (Å²) in [6.45, 7) is 7.88. The molecule has 1 N–H and O–H groups in total. The van der Waals surface area contributed by atoms with Crippen molar-refractivity contribution in [3.63, 3.8) is 0 Å². The summed E-state index contributed by atoms with van der Waals surface area (Å²) in [5.74, 6) is 1.15. The number of rotatable bonds is 6. The Morgan fingerprint density at radius 1 is 1.25 bits per heavy atom. The van der Waals surface area contributed by atoms with E-state index >= 15 is 0 Å². The van der Waals surface area contributed by atoms with Crippen LogP contribution in [0, 0.1) is 11.3 Å². The van der Waals surface area contributed by atoms with E-state index in [4.69, 9.17) is 0 Å². The summed E-state index contributed by atoms with van der Waals surface area (Å²) in [5.41, 5.74) is 0.220. The van der Waals surface area contributed by atoms with E-state index in [9.17, 15) is 8.42 Å². The zero-order chi connectivity index (χ0) is 12.2. The van der Waals surface area contributed by atoms with Crippen LogP contribution in [-0.2, 0) is 9.84 Å². The number of hydrogen-bond donors (Lipinski definition) is 1. The lowest BCUT2D eigenvalue weighted by atomic mass is 9.87. The van der Waals surface area contributed by atoms with Crippen molar-refractivity contribution in [1.29, 1.82) is 0 Å². The van der Waals surface area contributed by atoms with Gasteiger partial charge in [-0.3, -0.25) is 0 Å². The number of sulfone groups is 1. The predicted molar refractivity (Wildman–Crippen MR) is 68.3 cm³/mol. The average Bonchev–Trinajstić information content (AvgIpc) is 2.05. The molecule has 4 heteroatoms. The normalized spacial score (nSPS) is 18.4. The van der Waals surface area contributed by atoms with Crippen molar-refractivity contribution in [2.75, 3.05) is 24.6 Å². The highest BCUT2D eigenvalue weighted by molar-refractivity contribution is 7.91. The molecule has 16 heavy (non-hydrogen) atoms. The van der Waals surface area contributed by atoms with Crippen molar-refractivity contribution in [3.8, 4) is 0 Å². The van der Waals surface area contributed by atoms with E-state index in [-0.39, 0.29) is 5.41 Å². The molecular formula is C12H25NO2S. The van der Waals surface area contributed by atoms with E-state index in [1.165, 1.54) is 6.42 Å². The van der Waals surface area contributed by atoms with Crippen molar-refractivity contribution >= 4 is 9.84 Å². The highest BCUT2D eigenvalue weighted by Crippen LogP contribution is 2.27. The average molecular weight is 247 g/mol. The maximum Gasteiger partial charge on any atom is 0.151 e. The molecule has 0 bridgehead atoms. The highest BCUT2D eigenvalue weighted by Gasteiger charge is 2.24. The van der Waals surface area contributed by atoms with Crippen LogP contribution in [-0.4, -0.2) is 33.0 Å². The summed E-state index contributed by atoms with van der Waals surface area (Å²) in [4.78, 5) is 0. The third kappa shape index (κ3) is 5.85. The lowest BCUT2D eigenvalue weighted by molar-refractivity contribution is 0.347. The topological polar surface area (TPSA) is 46.2 Å². The van der Waals surface area contributed by atoms with Crippen molar-refractivity contribution < 1.29 is 8.42 Å². The van der Waals surface area contributed by atoms with Gasteiger partial charge in [-0.15, -0.1) is 0 Å². The molecule has 0 aromatic carbocycles. The quantitative estimate of drug-likeness (QED) is 0.729. The SMILES string of the molecule is CC(C)(C)CNCCS(=O)(=O)CC1CCC1. The molecule has 0 amide bonds. The minimum absolute atomic E-state index is 0.220. The van der Waals surface area contributed by atoms with Gasteiger partial charge in [0.2, 0.25) is 0 Å². The molecule has 1 rings (SSSR count). The second kappa shape index (κ2) is 5.50. The van der Waals surface area contributed by atoms with Crippen LogP contribution < -0.4 is 5.32 Å². The van der Waals surface area contributed by atoms with Crippen LogP contribution in [0.3, 0.4) is 0 Å². The van der Waals surface area contributed by atoms with Crippen LogP contribution in [0.2, 0.25) is 0 Å². The van der Waals surface area contributed by atoms with Gasteiger partial charge in [0.15, 0.2) is 9.84 Å². The highest BCUT2D eigenvalue weighted by atomic mass is 32.2. The Morgan fingerprint density at radius 3 is 2.31 bits per heavy atom. The van der Waals surface area contributed by atoms with E-state index in [1.807, 2.05) is 0 Å². The maximum atomic E-state index is 11.7. The Labute approximate surface area is 99.9 Å². The first-order chi connectivity index (χ1) is 7.29. The van der Waals surface area contributed by atoms with Crippen LogP contribution >= 0.6 is 0 Å². The van der Waals surface area contributed by atoms with Crippen LogP contribution in [0.15, 0.2) is 0 Å². The zero-order valence-corrected chi connectivity index (χ0v) is 11.6. The van der Waals surface area contributed by atoms with Gasteiger partial charge in [0.25, 0.3) is 0 Å². The van der Waals surface area contributed by atoms with Gasteiger partial charge in [-0.05, 0) is 24.2 Å². The first kappa shape index (κ1) is 14.0. The van der Waals surface area contributed by atoms with Crippen molar-refractivity contribution in [2.45, 2.75) is 40.0 Å². The summed E-state index contributed by atoms with van der Waals surface area (Å²) in [6, 6.07) is 0. The summed E-state index contributed by atoms with van der Waals surface area (Å²) in [5, 5.41) is 3.21. The van der Waals surface area contributed by atoms with E-state index < -0.39 is 9.84 Å². The molecule has 96 valence electrons. The predicted octanol–water partition coefficient (Wildman–Crippen LogP) is 1.84. The molecule has 0 radical (unpaired) electrons. The third-order valence-electron chi connectivity index (χ3n) is 2.96. The van der Waals surface area contributed by atoms with Crippen LogP contribution in [0.5, 0.6) is 0 Å². The second-order valence-electron chi connectivity index (χ2n) is 6.15. The molecule has 0 saturated heterocycles. The molecule has 0 aromatic rings. The molecule has 0 atom stereocenters. The fourth-order valence-corrected chi connectivity index (χ4v) is 3.47. The molecule has 1 aliphatic rings. The molecule has 3 nitrogen and oxygen atoms in total. The minimum atomic E-state index is -2.82. The lowest BCUT2D eigenvalue weighted by Crippen LogP contribution is -2.33. The number of nitrogens with one attached hydrogen (secondary N) is 1. The molecule has 0 aliphatic heterocycles. The zero-order valence-electron chi connectivity index (χ0n) is 10.8. The van der Waals surface area contributed by atoms with E-state index in [0.29, 0.717) is 24.0 Å². The summed E-state index contributed by atoms with van der Waals surface area (Å²) in [7, 11) is -2.82. The van der Waals surface area contributed by atoms with E-state index in [2.05, 4.69) is 26.1 Å². The van der Waals surface area contributed by atoms with Gasteiger partial charge in [0, 0.05) is 13.1 Å². The number of hydrogen-bond acceptors (Lipinski definition) is 3. The van der Waals surface area contributed by atoms with E-state index in [1.54, 1.807) is 0 Å². The Kier molecular flexibility index (Phi) is 4.80. The Morgan fingerprint density at radius 2 is 1.88 bits per heavy atom. The largest absolute Gasteiger partial charge is 0.315 e. The maximum absolute atomic E-state index is 11.7. The fraction of sp³-hybridized carbons (Fsp3) is 1.00. The minimum Gasteiger partial charge on any atom is -0.315 e. The molecule has 0 aromatic heterocycles. The van der Waals surface area contributed by atoms with Crippen molar-refractivity contribution in [3.05, 3.63) is 0 Å². The second-order valence-corrected chi connectivity index (χ2v) is 8.38. The molecule has 0 heterocycles. The Bertz CT molecular complexity index is 299. The third-order valence-corrected chi connectivity index (χ3v) is 4.76. The van der Waals surface area contributed by atoms with Gasteiger partial charge in [0.05, 0.1) is 11.5 Å². The molecule has 1 saturated carbocycles. The van der Waals surface area contributed by atoms with Crippen LogP contribution in [0.4, 0.5) is 0 Å². The van der Waals surface area contributed by atoms with Crippen molar-refractivity contribution in [2.24, 2.45) is 11.3 Å². The Balaban J connectivity index is 2.15. The lowest BCUT2D eigenvalue weighted by Gasteiger charge is -2.25. The van der Waals surface area contributed by atoms with Crippen molar-refractivity contribution in [1.82, 2.24) is 5.32 Å². The smallest absolute Gasteiger partial charge is 0.151 e. The molecule has 0 spiro atoms. The van der Waals surface area contributed by atoms with Crippen LogP contribution in [0.1, 0.15) is 40.0 Å². The molecule has 1 aliphatic carbocycles. The standard InChI is InChI=1S/C12H25NO2S/c1-12(2,3)10-13-7-8-16(14,15)9-11-5-4-6-11/h11,13H,4-10H2,1-3H3. The first-order valence-electron chi connectivity index (χ1n) is 6.20. The van der Waals surface area contributed by atoms with Gasteiger partial charge in [-0.2, -0.15) is 0 Å². The molecule has 0 unspecified atom stereocenters. The Hall–Kier alpha value is -0.0900. The van der Waals surface area contributed by atoms with Gasteiger partial charge in [-0.1, -0.05) is 27.2 Å². The van der Waals surface area contributed by atoms with Gasteiger partial charge in [-0.25, -0.2) is 8.42 Å². The summed E-state index contributed by atoms with van der Waals surface area (Å²) < 4.78 is 23.4. The fourth-order valence-electron chi connectivity index (χ4n) is 1.79.